The molecular weight excluding hydrogens is 462 g/mol. The number of amides is 1. The van der Waals surface area contributed by atoms with E-state index in [0.717, 1.165) is 38.0 Å². The summed E-state index contributed by atoms with van der Waals surface area (Å²) in [4.78, 5) is 22.1. The van der Waals surface area contributed by atoms with Crippen LogP contribution in [0.2, 0.25) is 5.02 Å². The van der Waals surface area contributed by atoms with Crippen molar-refractivity contribution in [1.29, 1.82) is 0 Å². The summed E-state index contributed by atoms with van der Waals surface area (Å²) in [6.07, 6.45) is 4.26. The fraction of sp³-hybridized carbons (Fsp3) is 0.444. The van der Waals surface area contributed by atoms with Crippen LogP contribution in [0.1, 0.15) is 42.7 Å². The van der Waals surface area contributed by atoms with Gasteiger partial charge in [-0.25, -0.2) is 0 Å². The van der Waals surface area contributed by atoms with E-state index in [2.05, 4.69) is 49.5 Å². The minimum Gasteiger partial charge on any atom is -0.352 e. The van der Waals surface area contributed by atoms with Gasteiger partial charge in [0.1, 0.15) is 0 Å². The Labute approximate surface area is 211 Å². The van der Waals surface area contributed by atoms with Crippen molar-refractivity contribution in [2.75, 3.05) is 26.2 Å². The van der Waals surface area contributed by atoms with E-state index in [-0.39, 0.29) is 11.8 Å². The van der Waals surface area contributed by atoms with Crippen molar-refractivity contribution in [3.05, 3.63) is 70.6 Å². The molecule has 0 atom stereocenters. The number of carbonyl (C=O) groups excluding carboxylic acids is 1. The van der Waals surface area contributed by atoms with Gasteiger partial charge in [0.25, 0.3) is 0 Å². The maximum Gasteiger partial charge on any atom is 0.241 e. The Bertz CT molecular complexity index is 1140. The third-order valence-corrected chi connectivity index (χ3v) is 7.17. The first-order valence-corrected chi connectivity index (χ1v) is 12.9. The van der Waals surface area contributed by atoms with Crippen LogP contribution >= 0.6 is 11.6 Å². The van der Waals surface area contributed by atoms with Gasteiger partial charge in [-0.1, -0.05) is 53.2 Å². The van der Waals surface area contributed by atoms with Gasteiger partial charge in [-0.2, -0.15) is 4.98 Å². The average Bonchev–Trinajstić information content (AvgIpc) is 3.56. The van der Waals surface area contributed by atoms with Crippen molar-refractivity contribution in [2.45, 2.75) is 45.3 Å². The van der Waals surface area contributed by atoms with Gasteiger partial charge in [0.05, 0.1) is 6.54 Å². The first-order valence-electron chi connectivity index (χ1n) is 12.5. The third kappa shape index (κ3) is 6.48. The van der Waals surface area contributed by atoms with E-state index in [0.29, 0.717) is 29.8 Å². The summed E-state index contributed by atoms with van der Waals surface area (Å²) in [5.41, 5.74) is 3.33. The first-order chi connectivity index (χ1) is 17.1. The fourth-order valence-electron chi connectivity index (χ4n) is 4.98. The zero-order valence-electron chi connectivity index (χ0n) is 20.0. The molecule has 0 unspecified atom stereocenters. The van der Waals surface area contributed by atoms with Crippen molar-refractivity contribution < 1.29 is 9.32 Å². The SMILES string of the molecule is O=C(NCc1cccc(CN2CCCC2)c1)C1CCN(Cc2nc(-c3cccc(Cl)c3)no2)CC1. The smallest absolute Gasteiger partial charge is 0.241 e. The van der Waals surface area contributed by atoms with Gasteiger partial charge in [-0.3, -0.25) is 14.6 Å². The third-order valence-electron chi connectivity index (χ3n) is 6.93. The van der Waals surface area contributed by atoms with E-state index < -0.39 is 0 Å². The fourth-order valence-corrected chi connectivity index (χ4v) is 5.17. The Morgan fingerprint density at radius 3 is 2.51 bits per heavy atom. The number of hydrogen-bond acceptors (Lipinski definition) is 6. The standard InChI is InChI=1S/C27H32ClN5O2/c28-24-8-4-7-23(16-24)26-30-25(35-31-26)19-33-13-9-22(10-14-33)27(34)29-17-20-5-3-6-21(15-20)18-32-11-1-2-12-32/h3-8,15-16,22H,1-2,9-14,17-19H2,(H,29,34). The molecule has 3 heterocycles. The minimum absolute atomic E-state index is 0.0451. The molecule has 7 nitrogen and oxygen atoms in total. The van der Waals surface area contributed by atoms with Crippen LogP contribution in [0.4, 0.5) is 0 Å². The molecule has 2 fully saturated rings. The van der Waals surface area contributed by atoms with Crippen LogP contribution in [-0.2, 0) is 24.4 Å². The normalized spacial score (nSPS) is 17.6. The van der Waals surface area contributed by atoms with Crippen molar-refractivity contribution in [3.8, 4) is 11.4 Å². The molecule has 2 aliphatic rings. The highest BCUT2D eigenvalue weighted by Crippen LogP contribution is 2.22. The van der Waals surface area contributed by atoms with E-state index in [4.69, 9.17) is 16.1 Å². The molecule has 3 aromatic rings. The Morgan fingerprint density at radius 1 is 0.971 bits per heavy atom. The Hall–Kier alpha value is -2.74. The summed E-state index contributed by atoms with van der Waals surface area (Å²) in [6, 6.07) is 16.0. The highest BCUT2D eigenvalue weighted by Gasteiger charge is 2.26. The van der Waals surface area contributed by atoms with Gasteiger partial charge in [-0.15, -0.1) is 0 Å². The number of halogens is 1. The molecule has 8 heteroatoms. The number of piperidine rings is 1. The van der Waals surface area contributed by atoms with E-state index in [1.54, 1.807) is 0 Å². The second kappa shape index (κ2) is 11.3. The van der Waals surface area contributed by atoms with Crippen LogP contribution < -0.4 is 5.32 Å². The molecule has 5 rings (SSSR count). The van der Waals surface area contributed by atoms with Crippen LogP contribution in [0.3, 0.4) is 0 Å². The van der Waals surface area contributed by atoms with Crippen LogP contribution in [0.5, 0.6) is 0 Å². The summed E-state index contributed by atoms with van der Waals surface area (Å²) in [6.45, 7) is 6.22. The van der Waals surface area contributed by atoms with E-state index in [1.165, 1.54) is 37.1 Å². The number of nitrogens with one attached hydrogen (secondary N) is 1. The van der Waals surface area contributed by atoms with Gasteiger partial charge in [0, 0.05) is 29.6 Å². The molecule has 1 amide bonds. The highest BCUT2D eigenvalue weighted by atomic mass is 35.5. The topological polar surface area (TPSA) is 74.5 Å². The lowest BCUT2D eigenvalue weighted by Gasteiger charge is -2.30. The Morgan fingerprint density at radius 2 is 1.71 bits per heavy atom. The molecule has 1 N–H and O–H groups in total. The Kier molecular flexibility index (Phi) is 7.76. The lowest BCUT2D eigenvalue weighted by atomic mass is 9.96. The summed E-state index contributed by atoms with van der Waals surface area (Å²) in [5.74, 6) is 1.32. The summed E-state index contributed by atoms with van der Waals surface area (Å²) in [7, 11) is 0. The average molecular weight is 494 g/mol. The highest BCUT2D eigenvalue weighted by molar-refractivity contribution is 6.30. The molecule has 184 valence electrons. The number of aromatic nitrogens is 2. The number of rotatable bonds is 8. The molecule has 0 bridgehead atoms. The van der Waals surface area contributed by atoms with Crippen molar-refractivity contribution in [3.63, 3.8) is 0 Å². The number of carbonyl (C=O) groups is 1. The lowest BCUT2D eigenvalue weighted by Crippen LogP contribution is -2.40. The molecule has 2 aromatic carbocycles. The van der Waals surface area contributed by atoms with E-state index >= 15 is 0 Å². The predicted octanol–water partition coefficient (Wildman–Crippen LogP) is 4.51. The molecule has 35 heavy (non-hydrogen) atoms. The van der Waals surface area contributed by atoms with Crippen molar-refractivity contribution in [1.82, 2.24) is 25.3 Å². The summed E-state index contributed by atoms with van der Waals surface area (Å²) in [5, 5.41) is 7.89. The van der Waals surface area contributed by atoms with Gasteiger partial charge in [-0.05, 0) is 75.1 Å². The molecular formula is C27H32ClN5O2. The number of likely N-dealkylation sites (tertiary alicyclic amines) is 2. The number of nitrogens with zero attached hydrogens (tertiary/aromatic N) is 4. The minimum atomic E-state index is 0.0451. The van der Waals surface area contributed by atoms with Crippen LogP contribution in [0.15, 0.2) is 53.1 Å². The molecule has 0 radical (unpaired) electrons. The van der Waals surface area contributed by atoms with Crippen molar-refractivity contribution in [2.24, 2.45) is 5.92 Å². The quantitative estimate of drug-likeness (QED) is 0.497. The molecule has 2 saturated heterocycles. The van der Waals surface area contributed by atoms with Crippen molar-refractivity contribution >= 4 is 17.5 Å². The first kappa shape index (κ1) is 24.0. The van der Waals surface area contributed by atoms with Crippen LogP contribution in [0, 0.1) is 5.92 Å². The number of hydrogen-bond donors (Lipinski definition) is 1. The lowest BCUT2D eigenvalue weighted by molar-refractivity contribution is -0.126. The summed E-state index contributed by atoms with van der Waals surface area (Å²) < 4.78 is 5.45. The monoisotopic (exact) mass is 493 g/mol. The summed E-state index contributed by atoms with van der Waals surface area (Å²) >= 11 is 6.06. The second-order valence-electron chi connectivity index (χ2n) is 9.59. The predicted molar refractivity (Wildman–Crippen MR) is 136 cm³/mol. The van der Waals surface area contributed by atoms with Crippen LogP contribution in [0.25, 0.3) is 11.4 Å². The van der Waals surface area contributed by atoms with E-state index in [1.807, 2.05) is 24.3 Å². The molecule has 0 saturated carbocycles. The maximum atomic E-state index is 12.8. The largest absolute Gasteiger partial charge is 0.352 e. The molecule has 0 spiro atoms. The zero-order chi connectivity index (χ0) is 24.0. The van der Waals surface area contributed by atoms with Gasteiger partial charge >= 0.3 is 0 Å². The molecule has 0 aliphatic carbocycles. The van der Waals surface area contributed by atoms with Gasteiger partial charge in [0.15, 0.2) is 0 Å². The van der Waals surface area contributed by atoms with Crippen LogP contribution in [-0.4, -0.2) is 52.0 Å². The van der Waals surface area contributed by atoms with Gasteiger partial charge in [0.2, 0.25) is 17.6 Å². The zero-order valence-corrected chi connectivity index (χ0v) is 20.7. The molecule has 2 aliphatic heterocycles. The van der Waals surface area contributed by atoms with E-state index in [9.17, 15) is 4.79 Å². The Balaban J connectivity index is 1.07. The maximum absolute atomic E-state index is 12.8. The second-order valence-corrected chi connectivity index (χ2v) is 10.0. The van der Waals surface area contributed by atoms with Gasteiger partial charge < -0.3 is 9.84 Å². The number of benzene rings is 2. The molecule has 1 aromatic heterocycles.